The molecule has 0 unspecified atom stereocenters. The molecule has 1 aliphatic rings. The van der Waals surface area contributed by atoms with Gasteiger partial charge in [-0.1, -0.05) is 13.8 Å². The maximum Gasteiger partial charge on any atom is 0.272 e. The summed E-state index contributed by atoms with van der Waals surface area (Å²) < 4.78 is 1.85. The van der Waals surface area contributed by atoms with Crippen LogP contribution in [0.3, 0.4) is 0 Å². The molecule has 2 aromatic heterocycles. The Morgan fingerprint density at radius 2 is 1.93 bits per heavy atom. The van der Waals surface area contributed by atoms with Crippen molar-refractivity contribution in [1.82, 2.24) is 24.6 Å². The van der Waals surface area contributed by atoms with Crippen molar-refractivity contribution in [3.05, 3.63) is 47.5 Å². The molecule has 1 amide bonds. The summed E-state index contributed by atoms with van der Waals surface area (Å²) in [5.74, 6) is 0.393. The summed E-state index contributed by atoms with van der Waals surface area (Å²) in [6.07, 6.45) is 5.59. The Balaban J connectivity index is 1.90. The van der Waals surface area contributed by atoms with Gasteiger partial charge in [0.25, 0.3) is 5.91 Å². The van der Waals surface area contributed by atoms with Crippen LogP contribution in [-0.2, 0) is 13.1 Å². The summed E-state index contributed by atoms with van der Waals surface area (Å²) in [5.41, 5.74) is 2.80. The highest BCUT2D eigenvalue weighted by Crippen LogP contribution is 2.23. The molecule has 6 heteroatoms. The molecule has 1 saturated heterocycles. The van der Waals surface area contributed by atoms with Gasteiger partial charge in [-0.3, -0.25) is 14.5 Å². The smallest absolute Gasteiger partial charge is 0.272 e. The van der Waals surface area contributed by atoms with Gasteiger partial charge in [0.1, 0.15) is 5.69 Å². The van der Waals surface area contributed by atoms with Crippen LogP contribution >= 0.6 is 0 Å². The van der Waals surface area contributed by atoms with E-state index in [1.165, 1.54) is 0 Å². The average Bonchev–Trinajstić information content (AvgIpc) is 3.12. The highest BCUT2D eigenvalue weighted by Gasteiger charge is 2.30. The van der Waals surface area contributed by atoms with Gasteiger partial charge < -0.3 is 9.80 Å². The SMILES string of the molecule is CCn1nc(C(C)C)cc1C(=O)N(Cc1ccncc1)C1CCN(C)CC1. The molecule has 0 radical (unpaired) electrons. The monoisotopic (exact) mass is 369 g/mol. The Labute approximate surface area is 162 Å². The second-order valence-corrected chi connectivity index (χ2v) is 7.75. The summed E-state index contributed by atoms with van der Waals surface area (Å²) >= 11 is 0. The van der Waals surface area contributed by atoms with Crippen LogP contribution in [0.1, 0.15) is 61.3 Å². The highest BCUT2D eigenvalue weighted by molar-refractivity contribution is 5.93. The van der Waals surface area contributed by atoms with Gasteiger partial charge in [-0.2, -0.15) is 5.10 Å². The van der Waals surface area contributed by atoms with Gasteiger partial charge >= 0.3 is 0 Å². The summed E-state index contributed by atoms with van der Waals surface area (Å²) in [7, 11) is 2.15. The van der Waals surface area contributed by atoms with Gasteiger partial charge in [-0.25, -0.2) is 0 Å². The molecule has 1 fully saturated rings. The van der Waals surface area contributed by atoms with E-state index in [1.54, 1.807) is 12.4 Å². The predicted octanol–water partition coefficient (Wildman–Crippen LogP) is 3.16. The first-order valence-electron chi connectivity index (χ1n) is 9.95. The lowest BCUT2D eigenvalue weighted by atomic mass is 10.0. The van der Waals surface area contributed by atoms with E-state index in [9.17, 15) is 4.79 Å². The quantitative estimate of drug-likeness (QED) is 0.785. The first-order chi connectivity index (χ1) is 13.0. The van der Waals surface area contributed by atoms with E-state index in [1.807, 2.05) is 29.8 Å². The molecule has 1 aliphatic heterocycles. The van der Waals surface area contributed by atoms with E-state index < -0.39 is 0 Å². The molecule has 0 aliphatic carbocycles. The van der Waals surface area contributed by atoms with E-state index in [4.69, 9.17) is 0 Å². The zero-order chi connectivity index (χ0) is 19.4. The number of nitrogens with zero attached hydrogens (tertiary/aromatic N) is 5. The lowest BCUT2D eigenvalue weighted by molar-refractivity contribution is 0.0557. The molecule has 0 spiro atoms. The Morgan fingerprint density at radius 1 is 1.26 bits per heavy atom. The lowest BCUT2D eigenvalue weighted by Gasteiger charge is -2.37. The largest absolute Gasteiger partial charge is 0.330 e. The third-order valence-electron chi connectivity index (χ3n) is 5.40. The Bertz CT molecular complexity index is 747. The Kier molecular flexibility index (Phi) is 6.26. The first-order valence-corrected chi connectivity index (χ1v) is 9.95. The number of likely N-dealkylation sites (tertiary alicyclic amines) is 1. The molecule has 0 saturated carbocycles. The number of amides is 1. The summed E-state index contributed by atoms with van der Waals surface area (Å²) in [6, 6.07) is 6.22. The van der Waals surface area contributed by atoms with Crippen LogP contribution in [-0.4, -0.2) is 56.7 Å². The van der Waals surface area contributed by atoms with Crippen molar-refractivity contribution in [2.24, 2.45) is 0 Å². The number of piperidine rings is 1. The number of carbonyl (C=O) groups is 1. The van der Waals surface area contributed by atoms with Gasteiger partial charge in [0.2, 0.25) is 0 Å². The van der Waals surface area contributed by atoms with E-state index in [2.05, 4.69) is 40.8 Å². The molecule has 0 aromatic carbocycles. The molecule has 27 heavy (non-hydrogen) atoms. The van der Waals surface area contributed by atoms with E-state index in [-0.39, 0.29) is 11.9 Å². The summed E-state index contributed by atoms with van der Waals surface area (Å²) in [6.45, 7) is 9.62. The third kappa shape index (κ3) is 4.56. The van der Waals surface area contributed by atoms with E-state index >= 15 is 0 Å². The van der Waals surface area contributed by atoms with Crippen LogP contribution in [0.4, 0.5) is 0 Å². The van der Waals surface area contributed by atoms with Gasteiger partial charge in [-0.15, -0.1) is 0 Å². The number of carbonyl (C=O) groups excluding carboxylic acids is 1. The molecule has 0 bridgehead atoms. The van der Waals surface area contributed by atoms with Gasteiger partial charge in [0.05, 0.1) is 5.69 Å². The minimum absolute atomic E-state index is 0.0858. The van der Waals surface area contributed by atoms with Crippen LogP contribution in [0.25, 0.3) is 0 Å². The minimum atomic E-state index is 0.0858. The predicted molar refractivity (Wildman–Crippen MR) is 107 cm³/mol. The lowest BCUT2D eigenvalue weighted by Crippen LogP contribution is -2.46. The highest BCUT2D eigenvalue weighted by atomic mass is 16.2. The van der Waals surface area contributed by atoms with Gasteiger partial charge in [0, 0.05) is 31.5 Å². The maximum absolute atomic E-state index is 13.6. The topological polar surface area (TPSA) is 54.3 Å². The maximum atomic E-state index is 13.6. The van der Waals surface area contributed by atoms with Crippen LogP contribution in [0.5, 0.6) is 0 Å². The van der Waals surface area contributed by atoms with Crippen LogP contribution in [0, 0.1) is 0 Å². The molecule has 6 nitrogen and oxygen atoms in total. The number of hydrogen-bond acceptors (Lipinski definition) is 4. The second-order valence-electron chi connectivity index (χ2n) is 7.75. The van der Waals surface area contributed by atoms with Crippen molar-refractivity contribution in [3.8, 4) is 0 Å². The molecular formula is C21H31N5O. The summed E-state index contributed by atoms with van der Waals surface area (Å²) in [4.78, 5) is 22.1. The minimum Gasteiger partial charge on any atom is -0.330 e. The van der Waals surface area contributed by atoms with E-state index in [0.29, 0.717) is 24.7 Å². The zero-order valence-corrected chi connectivity index (χ0v) is 16.9. The van der Waals surface area contributed by atoms with Crippen molar-refractivity contribution < 1.29 is 4.79 Å². The molecule has 3 heterocycles. The fourth-order valence-electron chi connectivity index (χ4n) is 3.64. The summed E-state index contributed by atoms with van der Waals surface area (Å²) in [5, 5.41) is 4.65. The second kappa shape index (κ2) is 8.65. The Morgan fingerprint density at radius 3 is 2.52 bits per heavy atom. The first kappa shape index (κ1) is 19.5. The number of pyridine rings is 1. The van der Waals surface area contributed by atoms with Crippen LogP contribution in [0.15, 0.2) is 30.6 Å². The van der Waals surface area contributed by atoms with Crippen molar-refractivity contribution in [1.29, 1.82) is 0 Å². The van der Waals surface area contributed by atoms with Crippen molar-refractivity contribution in [2.75, 3.05) is 20.1 Å². The van der Waals surface area contributed by atoms with Crippen LogP contribution in [0.2, 0.25) is 0 Å². The molecule has 0 N–H and O–H groups in total. The molecule has 146 valence electrons. The number of rotatable bonds is 6. The number of aromatic nitrogens is 3. The number of aryl methyl sites for hydroxylation is 1. The fraction of sp³-hybridized carbons (Fsp3) is 0.571. The van der Waals surface area contributed by atoms with Gasteiger partial charge in [0.15, 0.2) is 0 Å². The van der Waals surface area contributed by atoms with Crippen molar-refractivity contribution >= 4 is 5.91 Å². The number of hydrogen-bond donors (Lipinski definition) is 0. The third-order valence-corrected chi connectivity index (χ3v) is 5.40. The van der Waals surface area contributed by atoms with Crippen molar-refractivity contribution in [3.63, 3.8) is 0 Å². The fourth-order valence-corrected chi connectivity index (χ4v) is 3.64. The molecular weight excluding hydrogens is 338 g/mol. The van der Waals surface area contributed by atoms with Crippen molar-refractivity contribution in [2.45, 2.75) is 58.7 Å². The molecule has 3 rings (SSSR count). The van der Waals surface area contributed by atoms with Crippen LogP contribution < -0.4 is 0 Å². The Hall–Kier alpha value is -2.21. The normalized spacial score (nSPS) is 16.0. The average molecular weight is 370 g/mol. The molecule has 2 aromatic rings. The standard InChI is InChI=1S/C21H31N5O/c1-5-26-20(14-19(23-26)16(2)3)21(27)25(15-17-6-10-22-11-7-17)18-8-12-24(4)13-9-18/h6-7,10-11,14,16,18H,5,8-9,12-13,15H2,1-4H3. The van der Waals surface area contributed by atoms with E-state index in [0.717, 1.165) is 37.2 Å². The molecule has 0 atom stereocenters. The van der Waals surface area contributed by atoms with Gasteiger partial charge in [-0.05, 0) is 69.6 Å². The zero-order valence-electron chi connectivity index (χ0n) is 16.9.